The second-order valence-corrected chi connectivity index (χ2v) is 17.2. The lowest BCUT2D eigenvalue weighted by molar-refractivity contribution is 0.457. The van der Waals surface area contributed by atoms with Crippen molar-refractivity contribution in [3.05, 3.63) is 109 Å². The number of nitrogen functional groups attached to an aromatic ring is 2. The lowest BCUT2D eigenvalue weighted by Gasteiger charge is -2.11. The summed E-state index contributed by atoms with van der Waals surface area (Å²) in [5.74, 6) is -2.41. The van der Waals surface area contributed by atoms with Crippen LogP contribution >= 0.6 is 0 Å². The maximum Gasteiger partial charge on any atom is 0.296 e. The van der Waals surface area contributed by atoms with Gasteiger partial charge in [0.2, 0.25) is 0 Å². The Kier molecular flexibility index (Phi) is 10.7. The van der Waals surface area contributed by atoms with Crippen LogP contribution in [0.5, 0.6) is 17.2 Å². The van der Waals surface area contributed by atoms with Gasteiger partial charge in [-0.25, -0.2) is 0 Å². The molecule has 61 heavy (non-hydrogen) atoms. The highest BCUT2D eigenvalue weighted by Crippen LogP contribution is 2.46. The predicted molar refractivity (Wildman–Crippen MR) is 222 cm³/mol. The molecule has 0 bridgehead atoms. The van der Waals surface area contributed by atoms with E-state index in [1.807, 2.05) is 0 Å². The zero-order valence-corrected chi connectivity index (χ0v) is 33.0. The Balaban J connectivity index is 1.14. The second-order valence-electron chi connectivity index (χ2n) is 13.0. The number of hydrogen-bond acceptors (Lipinski definition) is 17. The quantitative estimate of drug-likeness (QED) is 0.0361. The van der Waals surface area contributed by atoms with Crippen LogP contribution in [0.25, 0.3) is 32.7 Å². The van der Waals surface area contributed by atoms with E-state index in [0.29, 0.717) is 28.6 Å². The molecule has 0 atom stereocenters. The topological polar surface area (TPSA) is 350 Å². The van der Waals surface area contributed by atoms with Crippen molar-refractivity contribution >= 4 is 97.4 Å². The molecule has 23 heteroatoms. The lowest BCUT2D eigenvalue weighted by atomic mass is 10.1. The molecular weight excluding hydrogens is 857 g/mol. The van der Waals surface area contributed by atoms with Gasteiger partial charge >= 0.3 is 0 Å². The van der Waals surface area contributed by atoms with Crippen LogP contribution in [0.1, 0.15) is 0 Å². The number of anilines is 2. The number of azo groups is 3. The molecule has 0 aliphatic heterocycles. The summed E-state index contributed by atoms with van der Waals surface area (Å²) < 4.78 is 102. The molecule has 0 saturated carbocycles. The van der Waals surface area contributed by atoms with Crippen molar-refractivity contribution in [2.24, 2.45) is 30.7 Å². The molecule has 0 unspecified atom stereocenters. The Labute approximate surface area is 344 Å². The van der Waals surface area contributed by atoms with Crippen LogP contribution < -0.4 is 11.5 Å². The molecule has 0 aliphatic carbocycles. The molecule has 7 aromatic carbocycles. The average Bonchev–Trinajstić information content (AvgIpc) is 3.19. The van der Waals surface area contributed by atoms with Gasteiger partial charge in [-0.3, -0.25) is 13.7 Å². The van der Waals surface area contributed by atoms with Crippen LogP contribution in [0.15, 0.2) is 155 Å². The Morgan fingerprint density at radius 2 is 0.967 bits per heavy atom. The molecule has 0 saturated heterocycles. The first-order valence-corrected chi connectivity index (χ1v) is 21.3. The number of phenolic OH excluding ortho intramolecular Hbond substituents is 3. The van der Waals surface area contributed by atoms with Crippen LogP contribution in [0.2, 0.25) is 0 Å². The highest BCUT2D eigenvalue weighted by Gasteiger charge is 2.26. The highest BCUT2D eigenvalue weighted by molar-refractivity contribution is 7.86. The first-order chi connectivity index (χ1) is 28.7. The number of nitrogens with two attached hydrogens (primary N) is 2. The van der Waals surface area contributed by atoms with Gasteiger partial charge < -0.3 is 26.8 Å². The molecule has 0 aliphatic rings. The minimum absolute atomic E-state index is 0.130. The van der Waals surface area contributed by atoms with Gasteiger partial charge in [-0.05, 0) is 94.7 Å². The summed E-state index contributed by atoms with van der Waals surface area (Å²) in [6, 6.07) is 24.9. The largest absolute Gasteiger partial charge is 0.507 e. The van der Waals surface area contributed by atoms with Gasteiger partial charge in [0, 0.05) is 17.1 Å². The van der Waals surface area contributed by atoms with Crippen molar-refractivity contribution in [2.75, 3.05) is 11.5 Å². The van der Waals surface area contributed by atoms with E-state index in [1.54, 1.807) is 36.4 Å². The normalized spacial score (nSPS) is 12.7. The number of rotatable bonds is 10. The van der Waals surface area contributed by atoms with Gasteiger partial charge in [-0.15, -0.1) is 15.3 Å². The lowest BCUT2D eigenvalue weighted by Crippen LogP contribution is -2.01. The Bertz CT molecular complexity index is 3380. The smallest absolute Gasteiger partial charge is 0.296 e. The van der Waals surface area contributed by atoms with E-state index in [2.05, 4.69) is 30.7 Å². The SMILES string of the molecule is Nc1ccc(N=Nc2ccc3cc(S(=O)(=O)O)c(N=Nc4ccc(-c5ccc(N=Nc6c(S(=O)(=O)O)cc7cc(S(=O)(=O)O)cc(O)c7c6O)cc5)cc4)c(O)c3c2)c(N)c1. The van der Waals surface area contributed by atoms with E-state index in [1.165, 1.54) is 48.5 Å². The molecule has 20 nitrogen and oxygen atoms in total. The Hall–Kier alpha value is -7.41. The van der Waals surface area contributed by atoms with Gasteiger partial charge in [0.05, 0.1) is 33.0 Å². The second kappa shape index (κ2) is 15.6. The zero-order chi connectivity index (χ0) is 44.0. The van der Waals surface area contributed by atoms with E-state index < -0.39 is 79.1 Å². The average molecular weight is 885 g/mol. The maximum atomic E-state index is 12.3. The first-order valence-electron chi connectivity index (χ1n) is 17.0. The Morgan fingerprint density at radius 3 is 1.49 bits per heavy atom. The number of phenols is 3. The van der Waals surface area contributed by atoms with Crippen LogP contribution in [-0.4, -0.2) is 54.2 Å². The third-order valence-corrected chi connectivity index (χ3v) is 11.5. The highest BCUT2D eigenvalue weighted by atomic mass is 32.2. The number of aromatic hydroxyl groups is 3. The third kappa shape index (κ3) is 8.81. The number of hydrogen-bond donors (Lipinski definition) is 8. The third-order valence-electron chi connectivity index (χ3n) is 8.92. The number of fused-ring (bicyclic) bond motifs is 2. The van der Waals surface area contributed by atoms with Crippen molar-refractivity contribution in [1.29, 1.82) is 0 Å². The van der Waals surface area contributed by atoms with E-state index in [0.717, 1.165) is 18.2 Å². The molecule has 7 aromatic rings. The fourth-order valence-electron chi connectivity index (χ4n) is 6.00. The van der Waals surface area contributed by atoms with Gasteiger partial charge in [0.25, 0.3) is 30.4 Å². The van der Waals surface area contributed by atoms with Crippen LogP contribution in [0.4, 0.5) is 45.5 Å². The van der Waals surface area contributed by atoms with E-state index in [4.69, 9.17) is 11.5 Å². The summed E-state index contributed by atoms with van der Waals surface area (Å²) in [6.07, 6.45) is 0. The van der Waals surface area contributed by atoms with E-state index in [-0.39, 0.29) is 38.9 Å². The molecule has 10 N–H and O–H groups in total. The molecule has 310 valence electrons. The zero-order valence-electron chi connectivity index (χ0n) is 30.6. The van der Waals surface area contributed by atoms with E-state index in [9.17, 15) is 54.2 Å². The maximum absolute atomic E-state index is 12.3. The van der Waals surface area contributed by atoms with E-state index >= 15 is 0 Å². The van der Waals surface area contributed by atoms with Crippen molar-refractivity contribution in [2.45, 2.75) is 14.7 Å². The fourth-order valence-corrected chi connectivity index (χ4v) is 7.85. The van der Waals surface area contributed by atoms with Crippen molar-refractivity contribution in [3.8, 4) is 28.4 Å². The molecule has 0 aromatic heterocycles. The Morgan fingerprint density at radius 1 is 0.459 bits per heavy atom. The van der Waals surface area contributed by atoms with Gasteiger partial charge in [-0.2, -0.15) is 40.6 Å². The minimum Gasteiger partial charge on any atom is -0.507 e. The van der Waals surface area contributed by atoms with Crippen LogP contribution in [-0.2, 0) is 30.4 Å². The molecule has 7 rings (SSSR count). The van der Waals surface area contributed by atoms with Crippen LogP contribution in [0.3, 0.4) is 0 Å². The fraction of sp³-hybridized carbons (Fsp3) is 0. The van der Waals surface area contributed by atoms with Crippen LogP contribution in [0, 0.1) is 0 Å². The summed E-state index contributed by atoms with van der Waals surface area (Å²) >= 11 is 0. The van der Waals surface area contributed by atoms with Crippen molar-refractivity contribution in [3.63, 3.8) is 0 Å². The monoisotopic (exact) mass is 884 g/mol. The number of nitrogens with zero attached hydrogens (tertiary/aromatic N) is 6. The molecule has 0 fully saturated rings. The minimum atomic E-state index is -5.10. The molecule has 0 radical (unpaired) electrons. The van der Waals surface area contributed by atoms with Gasteiger partial charge in [0.15, 0.2) is 11.5 Å². The first kappa shape index (κ1) is 41.7. The van der Waals surface area contributed by atoms with Crippen molar-refractivity contribution < 1.29 is 54.2 Å². The summed E-state index contributed by atoms with van der Waals surface area (Å²) in [5.41, 5.74) is 13.4. The predicted octanol–water partition coefficient (Wildman–Crippen LogP) is 8.93. The standard InChI is InChI=1S/C38H28N8O12S3/c39-23-6-12-30(29(40)16-23)44-43-26-11-5-21-14-32(60(53,54)55)35(37(48)28(21)17-26)45-41-24-7-1-19(2-8-24)20-3-9-25(10-4-20)42-46-36-33(61(56,57)58)15-22-13-27(59(50,51)52)18-31(47)34(22)38(36)49/h1-18,47-49H,39-40H2,(H,50,51,52)(H,53,54,55)(H,56,57,58). The molecule has 0 heterocycles. The summed E-state index contributed by atoms with van der Waals surface area (Å²) in [7, 11) is -14.8. The van der Waals surface area contributed by atoms with Crippen molar-refractivity contribution in [1.82, 2.24) is 0 Å². The summed E-state index contributed by atoms with van der Waals surface area (Å²) in [4.78, 5) is -2.47. The number of benzene rings is 7. The molecule has 0 spiro atoms. The van der Waals surface area contributed by atoms with Gasteiger partial charge in [0.1, 0.15) is 32.6 Å². The van der Waals surface area contributed by atoms with Gasteiger partial charge in [-0.1, -0.05) is 30.3 Å². The summed E-state index contributed by atoms with van der Waals surface area (Å²) in [5, 5.41) is 56.0. The molecular formula is C38H28N8O12S3. The summed E-state index contributed by atoms with van der Waals surface area (Å²) in [6.45, 7) is 0. The molecule has 0 amide bonds.